The SMILES string of the molecule is CCN1C[C@H](CN(C)c2cc(C)nc(N)n2)Oc2ccccc21. The molecule has 1 atom stereocenters. The van der Waals surface area contributed by atoms with Gasteiger partial charge in [-0.3, -0.25) is 0 Å². The maximum atomic E-state index is 6.16. The van der Waals surface area contributed by atoms with Gasteiger partial charge in [0.15, 0.2) is 0 Å². The van der Waals surface area contributed by atoms with Crippen molar-refractivity contribution in [2.75, 3.05) is 42.2 Å². The van der Waals surface area contributed by atoms with Crippen LogP contribution in [0.15, 0.2) is 30.3 Å². The predicted octanol–water partition coefficient (Wildman–Crippen LogP) is 2.09. The number of rotatable bonds is 4. The Morgan fingerprint density at radius 1 is 1.35 bits per heavy atom. The summed E-state index contributed by atoms with van der Waals surface area (Å²) in [6, 6.07) is 10.1. The zero-order valence-electron chi connectivity index (χ0n) is 13.9. The third kappa shape index (κ3) is 3.31. The monoisotopic (exact) mass is 313 g/mol. The minimum Gasteiger partial charge on any atom is -0.485 e. The molecule has 0 saturated heterocycles. The summed E-state index contributed by atoms with van der Waals surface area (Å²) >= 11 is 0. The molecule has 1 aliphatic rings. The summed E-state index contributed by atoms with van der Waals surface area (Å²) in [5.41, 5.74) is 7.78. The van der Waals surface area contributed by atoms with Gasteiger partial charge in [-0.05, 0) is 26.0 Å². The first-order valence-corrected chi connectivity index (χ1v) is 7.89. The molecule has 6 heteroatoms. The lowest BCUT2D eigenvalue weighted by atomic mass is 10.2. The lowest BCUT2D eigenvalue weighted by molar-refractivity contribution is 0.200. The number of hydrogen-bond acceptors (Lipinski definition) is 6. The number of para-hydroxylation sites is 2. The fraction of sp³-hybridized carbons (Fsp3) is 0.412. The highest BCUT2D eigenvalue weighted by Crippen LogP contribution is 2.33. The molecule has 1 aromatic carbocycles. The number of hydrogen-bond donors (Lipinski definition) is 1. The van der Waals surface area contributed by atoms with Crippen LogP contribution in [0, 0.1) is 6.92 Å². The Labute approximate surface area is 136 Å². The van der Waals surface area contributed by atoms with Gasteiger partial charge in [-0.2, -0.15) is 4.98 Å². The zero-order valence-corrected chi connectivity index (χ0v) is 13.9. The smallest absolute Gasteiger partial charge is 0.222 e. The Balaban J connectivity index is 1.76. The van der Waals surface area contributed by atoms with E-state index in [1.54, 1.807) is 0 Å². The number of ether oxygens (including phenoxy) is 1. The number of nitrogens with zero attached hydrogens (tertiary/aromatic N) is 4. The number of aryl methyl sites for hydroxylation is 1. The fourth-order valence-corrected chi connectivity index (χ4v) is 2.94. The largest absolute Gasteiger partial charge is 0.485 e. The Hall–Kier alpha value is -2.50. The third-order valence-corrected chi connectivity index (χ3v) is 4.03. The number of nitrogens with two attached hydrogens (primary N) is 1. The molecule has 0 fully saturated rings. The van der Waals surface area contributed by atoms with Crippen molar-refractivity contribution in [3.8, 4) is 5.75 Å². The Morgan fingerprint density at radius 2 is 2.13 bits per heavy atom. The average molecular weight is 313 g/mol. The van der Waals surface area contributed by atoms with Crippen molar-refractivity contribution in [3.05, 3.63) is 36.0 Å². The Bertz CT molecular complexity index is 670. The molecule has 23 heavy (non-hydrogen) atoms. The second-order valence-electron chi connectivity index (χ2n) is 5.85. The number of likely N-dealkylation sites (N-methyl/N-ethyl adjacent to an activating group) is 2. The van der Waals surface area contributed by atoms with E-state index in [1.165, 1.54) is 0 Å². The van der Waals surface area contributed by atoms with Crippen molar-refractivity contribution >= 4 is 17.5 Å². The van der Waals surface area contributed by atoms with Crippen LogP contribution in [0.1, 0.15) is 12.6 Å². The number of benzene rings is 1. The van der Waals surface area contributed by atoms with Crippen LogP contribution in [-0.2, 0) is 0 Å². The first kappa shape index (κ1) is 15.4. The van der Waals surface area contributed by atoms with Crippen LogP contribution in [0.25, 0.3) is 0 Å². The topological polar surface area (TPSA) is 67.5 Å². The van der Waals surface area contributed by atoms with E-state index in [1.807, 2.05) is 38.2 Å². The zero-order chi connectivity index (χ0) is 16.4. The molecule has 0 spiro atoms. The van der Waals surface area contributed by atoms with Crippen LogP contribution in [0.3, 0.4) is 0 Å². The molecule has 0 amide bonds. The van der Waals surface area contributed by atoms with Gasteiger partial charge in [0.05, 0.1) is 18.8 Å². The second kappa shape index (κ2) is 6.32. The van der Waals surface area contributed by atoms with E-state index in [0.29, 0.717) is 5.95 Å². The van der Waals surface area contributed by atoms with E-state index in [9.17, 15) is 0 Å². The van der Waals surface area contributed by atoms with Gasteiger partial charge < -0.3 is 20.3 Å². The van der Waals surface area contributed by atoms with Crippen molar-refractivity contribution in [2.24, 2.45) is 0 Å². The molecule has 0 saturated carbocycles. The van der Waals surface area contributed by atoms with Gasteiger partial charge in [0.25, 0.3) is 0 Å². The van der Waals surface area contributed by atoms with E-state index in [0.717, 1.165) is 42.6 Å². The van der Waals surface area contributed by atoms with Gasteiger partial charge in [0, 0.05) is 25.4 Å². The molecule has 0 radical (unpaired) electrons. The first-order chi connectivity index (χ1) is 11.1. The van der Waals surface area contributed by atoms with Crippen molar-refractivity contribution < 1.29 is 4.74 Å². The van der Waals surface area contributed by atoms with Gasteiger partial charge in [-0.25, -0.2) is 4.98 Å². The van der Waals surface area contributed by atoms with Crippen molar-refractivity contribution in [1.29, 1.82) is 0 Å². The first-order valence-electron chi connectivity index (χ1n) is 7.89. The molecule has 6 nitrogen and oxygen atoms in total. The standard InChI is InChI=1S/C17H23N5O/c1-4-22-11-13(23-15-8-6-5-7-14(15)22)10-21(3)16-9-12(2)19-17(18)20-16/h5-9,13H,4,10-11H2,1-3H3,(H2,18,19,20)/t13-/m0/s1. The van der Waals surface area contributed by atoms with Gasteiger partial charge in [0.1, 0.15) is 17.7 Å². The lowest BCUT2D eigenvalue weighted by Gasteiger charge is -2.37. The highest BCUT2D eigenvalue weighted by molar-refractivity contribution is 5.60. The highest BCUT2D eigenvalue weighted by Gasteiger charge is 2.25. The normalized spacial score (nSPS) is 16.7. The molecule has 0 unspecified atom stereocenters. The van der Waals surface area contributed by atoms with Crippen molar-refractivity contribution in [2.45, 2.75) is 20.0 Å². The second-order valence-corrected chi connectivity index (χ2v) is 5.85. The lowest BCUT2D eigenvalue weighted by Crippen LogP contribution is -2.45. The molecule has 3 rings (SSSR count). The quantitative estimate of drug-likeness (QED) is 0.932. The average Bonchev–Trinajstić information content (AvgIpc) is 2.53. The molecule has 1 aliphatic heterocycles. The number of anilines is 3. The Kier molecular flexibility index (Phi) is 4.23. The fourth-order valence-electron chi connectivity index (χ4n) is 2.94. The maximum Gasteiger partial charge on any atom is 0.222 e. The summed E-state index contributed by atoms with van der Waals surface area (Å²) in [7, 11) is 2.00. The van der Waals surface area contributed by atoms with Gasteiger partial charge in [-0.1, -0.05) is 12.1 Å². The molecule has 2 heterocycles. The summed E-state index contributed by atoms with van der Waals surface area (Å²) in [6.45, 7) is 6.64. The van der Waals surface area contributed by atoms with Crippen LogP contribution in [0.5, 0.6) is 5.75 Å². The van der Waals surface area contributed by atoms with Crippen LogP contribution < -0.4 is 20.3 Å². The van der Waals surface area contributed by atoms with E-state index < -0.39 is 0 Å². The van der Waals surface area contributed by atoms with Crippen LogP contribution in [0.4, 0.5) is 17.5 Å². The molecule has 122 valence electrons. The summed E-state index contributed by atoms with van der Waals surface area (Å²) in [6.07, 6.45) is 0.0753. The summed E-state index contributed by atoms with van der Waals surface area (Å²) in [5, 5.41) is 0. The van der Waals surface area contributed by atoms with Crippen LogP contribution in [0.2, 0.25) is 0 Å². The molecule has 2 N–H and O–H groups in total. The highest BCUT2D eigenvalue weighted by atomic mass is 16.5. The molecular weight excluding hydrogens is 290 g/mol. The summed E-state index contributed by atoms with van der Waals surface area (Å²) in [4.78, 5) is 12.8. The van der Waals surface area contributed by atoms with Crippen LogP contribution in [-0.4, -0.2) is 42.8 Å². The summed E-state index contributed by atoms with van der Waals surface area (Å²) < 4.78 is 6.16. The Morgan fingerprint density at radius 3 is 2.87 bits per heavy atom. The minimum atomic E-state index is 0.0753. The maximum absolute atomic E-state index is 6.16. The molecular formula is C17H23N5O. The van der Waals surface area contributed by atoms with Gasteiger partial charge in [-0.15, -0.1) is 0 Å². The predicted molar refractivity (Wildman–Crippen MR) is 93.2 cm³/mol. The van der Waals surface area contributed by atoms with E-state index in [-0.39, 0.29) is 6.10 Å². The van der Waals surface area contributed by atoms with Crippen LogP contribution >= 0.6 is 0 Å². The van der Waals surface area contributed by atoms with E-state index in [4.69, 9.17) is 10.5 Å². The van der Waals surface area contributed by atoms with Crippen molar-refractivity contribution in [1.82, 2.24) is 9.97 Å². The molecule has 2 aromatic rings. The van der Waals surface area contributed by atoms with Gasteiger partial charge >= 0.3 is 0 Å². The molecule has 1 aromatic heterocycles. The van der Waals surface area contributed by atoms with E-state index >= 15 is 0 Å². The van der Waals surface area contributed by atoms with E-state index in [2.05, 4.69) is 32.8 Å². The minimum absolute atomic E-state index is 0.0753. The number of fused-ring (bicyclic) bond motifs is 1. The number of nitrogen functional groups attached to an aromatic ring is 1. The summed E-state index contributed by atoms with van der Waals surface area (Å²) in [5.74, 6) is 2.06. The number of aromatic nitrogens is 2. The molecule has 0 aliphatic carbocycles. The van der Waals surface area contributed by atoms with Crippen molar-refractivity contribution in [3.63, 3.8) is 0 Å². The third-order valence-electron chi connectivity index (χ3n) is 4.03. The molecule has 0 bridgehead atoms. The van der Waals surface area contributed by atoms with Gasteiger partial charge in [0.2, 0.25) is 5.95 Å².